The van der Waals surface area contributed by atoms with Gasteiger partial charge in [-0.2, -0.15) is 0 Å². The highest BCUT2D eigenvalue weighted by molar-refractivity contribution is 6.21. The predicted molar refractivity (Wildman–Crippen MR) is 80.1 cm³/mol. The van der Waals surface area contributed by atoms with E-state index in [1.807, 2.05) is 0 Å². The minimum atomic E-state index is -1.07. The van der Waals surface area contributed by atoms with Crippen molar-refractivity contribution in [2.45, 2.75) is 12.5 Å². The SMILES string of the molecule is O=C(O)N1CC/C(=C/CN2C(=O)c3ccccc3C2=O)C(O)C1. The zero-order valence-corrected chi connectivity index (χ0v) is 12.3. The van der Waals surface area contributed by atoms with Gasteiger partial charge in [0.15, 0.2) is 0 Å². The van der Waals surface area contributed by atoms with Crippen LogP contribution in [0.5, 0.6) is 0 Å². The highest BCUT2D eigenvalue weighted by atomic mass is 16.4. The number of aliphatic hydroxyl groups excluding tert-OH is 1. The van der Waals surface area contributed by atoms with Gasteiger partial charge in [-0.3, -0.25) is 14.5 Å². The highest BCUT2D eigenvalue weighted by Gasteiger charge is 2.34. The smallest absolute Gasteiger partial charge is 0.407 e. The molecule has 2 aliphatic heterocycles. The van der Waals surface area contributed by atoms with E-state index in [-0.39, 0.29) is 24.9 Å². The molecule has 2 aliphatic rings. The molecule has 1 saturated heterocycles. The number of hydrogen-bond donors (Lipinski definition) is 2. The molecule has 3 rings (SSSR count). The van der Waals surface area contributed by atoms with Gasteiger partial charge in [0.25, 0.3) is 11.8 Å². The van der Waals surface area contributed by atoms with Crippen LogP contribution in [0.15, 0.2) is 35.9 Å². The van der Waals surface area contributed by atoms with Crippen molar-refractivity contribution in [1.82, 2.24) is 9.80 Å². The predicted octanol–water partition coefficient (Wildman–Crippen LogP) is 0.954. The fraction of sp³-hybridized carbons (Fsp3) is 0.312. The second kappa shape index (κ2) is 5.85. The molecule has 1 aromatic carbocycles. The van der Waals surface area contributed by atoms with Crippen molar-refractivity contribution in [3.63, 3.8) is 0 Å². The third-order valence-electron chi connectivity index (χ3n) is 4.18. The van der Waals surface area contributed by atoms with Crippen LogP contribution in [0.1, 0.15) is 27.1 Å². The lowest BCUT2D eigenvalue weighted by Gasteiger charge is -2.30. The van der Waals surface area contributed by atoms with Gasteiger partial charge in [-0.1, -0.05) is 18.2 Å². The molecule has 0 aliphatic carbocycles. The molecule has 1 atom stereocenters. The molecule has 0 saturated carbocycles. The van der Waals surface area contributed by atoms with Crippen molar-refractivity contribution in [1.29, 1.82) is 0 Å². The number of fused-ring (bicyclic) bond motifs is 1. The third-order valence-corrected chi connectivity index (χ3v) is 4.18. The first-order valence-corrected chi connectivity index (χ1v) is 7.29. The monoisotopic (exact) mass is 316 g/mol. The van der Waals surface area contributed by atoms with Gasteiger partial charge >= 0.3 is 6.09 Å². The molecular formula is C16H16N2O5. The summed E-state index contributed by atoms with van der Waals surface area (Å²) in [6.07, 6.45) is 0.0563. The summed E-state index contributed by atoms with van der Waals surface area (Å²) in [6.45, 7) is 0.370. The zero-order chi connectivity index (χ0) is 16.6. The van der Waals surface area contributed by atoms with E-state index in [2.05, 4.69) is 0 Å². The van der Waals surface area contributed by atoms with Crippen LogP contribution in [0.25, 0.3) is 0 Å². The molecule has 7 heteroatoms. The molecule has 0 aromatic heterocycles. The lowest BCUT2D eigenvalue weighted by molar-refractivity contribution is 0.0669. The first-order valence-electron chi connectivity index (χ1n) is 7.29. The average molecular weight is 316 g/mol. The Bertz CT molecular complexity index is 677. The summed E-state index contributed by atoms with van der Waals surface area (Å²) in [6, 6.07) is 6.64. The van der Waals surface area contributed by atoms with Crippen LogP contribution in [0.2, 0.25) is 0 Å². The van der Waals surface area contributed by atoms with Crippen molar-refractivity contribution in [2.24, 2.45) is 0 Å². The number of rotatable bonds is 2. The summed E-state index contributed by atoms with van der Waals surface area (Å²) in [4.78, 5) is 37.6. The third kappa shape index (κ3) is 2.70. The van der Waals surface area contributed by atoms with Gasteiger partial charge in [-0.05, 0) is 24.1 Å². The molecule has 0 bridgehead atoms. The van der Waals surface area contributed by atoms with Crippen molar-refractivity contribution in [2.75, 3.05) is 19.6 Å². The quantitative estimate of drug-likeness (QED) is 0.625. The Morgan fingerprint density at radius 2 is 1.83 bits per heavy atom. The van der Waals surface area contributed by atoms with Crippen LogP contribution in [0, 0.1) is 0 Å². The molecule has 2 N–H and O–H groups in total. The molecular weight excluding hydrogens is 300 g/mol. The number of imide groups is 1. The first-order chi connectivity index (χ1) is 11.0. The molecule has 0 radical (unpaired) electrons. The summed E-state index contributed by atoms with van der Waals surface area (Å²) >= 11 is 0. The van der Waals surface area contributed by atoms with Gasteiger partial charge in [0.1, 0.15) is 0 Å². The van der Waals surface area contributed by atoms with Crippen LogP contribution in [0.3, 0.4) is 0 Å². The van der Waals surface area contributed by atoms with Crippen LogP contribution in [0.4, 0.5) is 4.79 Å². The minimum absolute atomic E-state index is 0.00326. The summed E-state index contributed by atoms with van der Waals surface area (Å²) in [5.74, 6) is -0.695. The van der Waals surface area contributed by atoms with Gasteiger partial charge in [-0.25, -0.2) is 4.79 Å². The number of hydrogen-bond acceptors (Lipinski definition) is 4. The molecule has 3 amide bonds. The molecule has 1 unspecified atom stereocenters. The number of piperidine rings is 1. The zero-order valence-electron chi connectivity index (χ0n) is 12.3. The van der Waals surface area contributed by atoms with E-state index in [9.17, 15) is 19.5 Å². The van der Waals surface area contributed by atoms with E-state index in [0.29, 0.717) is 29.7 Å². The van der Waals surface area contributed by atoms with Gasteiger partial charge in [0, 0.05) is 13.1 Å². The maximum Gasteiger partial charge on any atom is 0.407 e. The number of β-amino-alcohol motifs (C(OH)–C–C–N with tert-alkyl or cyclic N) is 1. The molecule has 1 fully saturated rings. The number of benzene rings is 1. The lowest BCUT2D eigenvalue weighted by atomic mass is 10.0. The highest BCUT2D eigenvalue weighted by Crippen LogP contribution is 2.23. The molecule has 2 heterocycles. The normalized spacial score (nSPS) is 22.7. The fourth-order valence-electron chi connectivity index (χ4n) is 2.87. The van der Waals surface area contributed by atoms with Crippen LogP contribution in [-0.2, 0) is 0 Å². The number of carbonyl (C=O) groups is 3. The van der Waals surface area contributed by atoms with E-state index >= 15 is 0 Å². The number of likely N-dealkylation sites (tertiary alicyclic amines) is 1. The van der Waals surface area contributed by atoms with Crippen LogP contribution in [-0.4, -0.2) is 63.7 Å². The second-order valence-electron chi connectivity index (χ2n) is 5.54. The molecule has 7 nitrogen and oxygen atoms in total. The van der Waals surface area contributed by atoms with E-state index in [1.165, 1.54) is 0 Å². The summed E-state index contributed by atoms with van der Waals surface area (Å²) in [5, 5.41) is 18.9. The van der Waals surface area contributed by atoms with Crippen LogP contribution >= 0.6 is 0 Å². The molecule has 120 valence electrons. The van der Waals surface area contributed by atoms with E-state index in [1.54, 1.807) is 30.3 Å². The summed E-state index contributed by atoms with van der Waals surface area (Å²) < 4.78 is 0. The fourth-order valence-corrected chi connectivity index (χ4v) is 2.87. The standard InChI is InChI=1S/C16H16N2O5/c19-13-9-17(16(22)23)7-5-10(13)6-8-18-14(20)11-3-1-2-4-12(11)15(18)21/h1-4,6,13,19H,5,7-9H2,(H,22,23)/b10-6-. The van der Waals surface area contributed by atoms with Crippen molar-refractivity contribution in [3.8, 4) is 0 Å². The molecule has 23 heavy (non-hydrogen) atoms. The number of nitrogens with zero attached hydrogens (tertiary/aromatic N) is 2. The van der Waals surface area contributed by atoms with Gasteiger partial charge < -0.3 is 15.1 Å². The summed E-state index contributed by atoms with van der Waals surface area (Å²) in [7, 11) is 0. The average Bonchev–Trinajstić information content (AvgIpc) is 2.78. The Morgan fingerprint density at radius 1 is 1.22 bits per heavy atom. The molecule has 0 spiro atoms. The second-order valence-corrected chi connectivity index (χ2v) is 5.54. The maximum absolute atomic E-state index is 12.2. The summed E-state index contributed by atoms with van der Waals surface area (Å²) in [5.41, 5.74) is 1.42. The Balaban J connectivity index is 1.71. The Hall–Kier alpha value is -2.67. The minimum Gasteiger partial charge on any atom is -0.465 e. The van der Waals surface area contributed by atoms with Crippen molar-refractivity contribution >= 4 is 17.9 Å². The number of carbonyl (C=O) groups excluding carboxylic acids is 2. The number of amides is 3. The van der Waals surface area contributed by atoms with Gasteiger partial charge in [0.2, 0.25) is 0 Å². The topological polar surface area (TPSA) is 98.2 Å². The van der Waals surface area contributed by atoms with Crippen molar-refractivity contribution in [3.05, 3.63) is 47.0 Å². The Kier molecular flexibility index (Phi) is 3.87. The lowest BCUT2D eigenvalue weighted by Crippen LogP contribution is -2.43. The largest absolute Gasteiger partial charge is 0.465 e. The van der Waals surface area contributed by atoms with Gasteiger partial charge in [-0.15, -0.1) is 0 Å². The Morgan fingerprint density at radius 3 is 2.35 bits per heavy atom. The van der Waals surface area contributed by atoms with Crippen LogP contribution < -0.4 is 0 Å². The van der Waals surface area contributed by atoms with E-state index in [0.717, 1.165) is 9.80 Å². The van der Waals surface area contributed by atoms with Crippen molar-refractivity contribution < 1.29 is 24.6 Å². The maximum atomic E-state index is 12.2. The van der Waals surface area contributed by atoms with E-state index in [4.69, 9.17) is 5.11 Å². The number of aliphatic hydroxyl groups is 1. The van der Waals surface area contributed by atoms with E-state index < -0.39 is 12.2 Å². The number of carboxylic acid groups (broad SMARTS) is 1. The van der Waals surface area contributed by atoms with Gasteiger partial charge in [0.05, 0.1) is 23.8 Å². The Labute approximate surface area is 132 Å². The first kappa shape index (κ1) is 15.2. The molecule has 1 aromatic rings.